The number of aryl methyl sites for hydroxylation is 1. The van der Waals surface area contributed by atoms with Gasteiger partial charge in [0.2, 0.25) is 5.91 Å². The molecule has 0 radical (unpaired) electrons. The highest BCUT2D eigenvalue weighted by Gasteiger charge is 2.78. The van der Waals surface area contributed by atoms with Crippen LogP contribution < -0.4 is 5.32 Å². The molecule has 1 aliphatic heterocycles. The second-order valence-electron chi connectivity index (χ2n) is 13.0. The summed E-state index contributed by atoms with van der Waals surface area (Å²) in [6, 6.07) is 1.45. The minimum absolute atomic E-state index is 0.0109. The van der Waals surface area contributed by atoms with Crippen LogP contribution in [0.1, 0.15) is 91.5 Å². The molecule has 3 N–H and O–H groups in total. The van der Waals surface area contributed by atoms with Gasteiger partial charge in [0.25, 0.3) is 0 Å². The fraction of sp³-hybridized carbons (Fsp3) is 0.515. The van der Waals surface area contributed by atoms with E-state index in [2.05, 4.69) is 5.32 Å². The Bertz CT molecular complexity index is 1480. The first-order valence-corrected chi connectivity index (χ1v) is 14.2. The van der Waals surface area contributed by atoms with E-state index in [0.717, 1.165) is 5.57 Å². The molecule has 7 nitrogen and oxygen atoms in total. The first kappa shape index (κ1) is 28.2. The van der Waals surface area contributed by atoms with Crippen molar-refractivity contribution in [2.24, 2.45) is 35.5 Å². The van der Waals surface area contributed by atoms with Crippen molar-refractivity contribution in [2.45, 2.75) is 73.0 Å². The van der Waals surface area contributed by atoms with Crippen LogP contribution in [0.5, 0.6) is 5.75 Å². The Kier molecular flexibility index (Phi) is 6.42. The predicted octanol–water partition coefficient (Wildman–Crippen LogP) is 4.90. The van der Waals surface area contributed by atoms with Gasteiger partial charge in [0.15, 0.2) is 17.3 Å². The lowest BCUT2D eigenvalue weighted by atomic mass is 9.62. The van der Waals surface area contributed by atoms with E-state index in [9.17, 15) is 29.4 Å². The van der Waals surface area contributed by atoms with Gasteiger partial charge in [-0.25, -0.2) is 0 Å². The van der Waals surface area contributed by atoms with E-state index in [4.69, 9.17) is 0 Å². The molecule has 212 valence electrons. The molecule has 1 aromatic rings. The van der Waals surface area contributed by atoms with Gasteiger partial charge >= 0.3 is 0 Å². The number of carbonyl (C=O) groups is 4. The van der Waals surface area contributed by atoms with Crippen molar-refractivity contribution in [1.29, 1.82) is 0 Å². The largest absolute Gasteiger partial charge is 0.507 e. The van der Waals surface area contributed by atoms with Gasteiger partial charge in [-0.1, -0.05) is 51.5 Å². The van der Waals surface area contributed by atoms with Crippen LogP contribution in [0.25, 0.3) is 0 Å². The van der Waals surface area contributed by atoms with E-state index < -0.39 is 52.2 Å². The van der Waals surface area contributed by atoms with Gasteiger partial charge < -0.3 is 15.5 Å². The summed E-state index contributed by atoms with van der Waals surface area (Å²) < 4.78 is 0. The zero-order chi connectivity index (χ0) is 29.6. The average molecular weight is 546 g/mol. The lowest BCUT2D eigenvalue weighted by Crippen LogP contribution is -2.64. The molecule has 4 aliphatic rings. The van der Waals surface area contributed by atoms with Crippen molar-refractivity contribution in [3.05, 3.63) is 63.3 Å². The van der Waals surface area contributed by atoms with Crippen molar-refractivity contribution in [3.8, 4) is 5.75 Å². The summed E-state index contributed by atoms with van der Waals surface area (Å²) in [6.45, 7) is 14.6. The number of Topliss-reactive ketones (excluding diaryl/α,β-unsaturated/α-hetero) is 3. The molecular formula is C33H39NO6. The monoisotopic (exact) mass is 545 g/mol. The summed E-state index contributed by atoms with van der Waals surface area (Å²) in [7, 11) is 0. The molecule has 1 heterocycles. The molecule has 2 bridgehead atoms. The molecule has 2 fully saturated rings. The molecule has 1 saturated heterocycles. The van der Waals surface area contributed by atoms with Gasteiger partial charge in [-0.3, -0.25) is 19.2 Å². The fourth-order valence-electron chi connectivity index (χ4n) is 8.32. The van der Waals surface area contributed by atoms with Gasteiger partial charge in [-0.15, -0.1) is 0 Å². The SMILES string of the molecule is CC1=C[C@@H](C)C=C(C)[C@]2(O)[C@H](C)[C@@H]3[C@@H](CC(C)C)C(=O)N[C@]34C(=O)c3cc(C)c(O)c(c3C(=O)[C@H]24)C(=O)C(C)=C1. The molecule has 0 unspecified atom stereocenters. The highest BCUT2D eigenvalue weighted by atomic mass is 16.3. The zero-order valence-corrected chi connectivity index (χ0v) is 24.5. The second-order valence-corrected chi connectivity index (χ2v) is 13.0. The number of benzene rings is 1. The molecule has 5 rings (SSSR count). The molecule has 40 heavy (non-hydrogen) atoms. The van der Waals surface area contributed by atoms with Gasteiger partial charge in [-0.05, 0) is 74.6 Å². The maximum Gasteiger partial charge on any atom is 0.224 e. The molecular weight excluding hydrogens is 506 g/mol. The van der Waals surface area contributed by atoms with E-state index in [0.29, 0.717) is 17.6 Å². The van der Waals surface area contributed by atoms with Crippen molar-refractivity contribution >= 4 is 23.3 Å². The van der Waals surface area contributed by atoms with Gasteiger partial charge in [0, 0.05) is 23.0 Å². The van der Waals surface area contributed by atoms with Crippen LogP contribution in [-0.4, -0.2) is 44.6 Å². The number of allylic oxidation sites excluding steroid dienone is 5. The predicted molar refractivity (Wildman–Crippen MR) is 151 cm³/mol. The molecule has 1 saturated carbocycles. The Hall–Kier alpha value is -3.32. The number of amides is 1. The molecule has 3 aliphatic carbocycles. The smallest absolute Gasteiger partial charge is 0.224 e. The molecule has 7 atom stereocenters. The third kappa shape index (κ3) is 3.52. The number of phenolic OH excluding ortho intramolecular Hbond substituents is 1. The van der Waals surface area contributed by atoms with Crippen LogP contribution >= 0.6 is 0 Å². The van der Waals surface area contributed by atoms with Crippen LogP contribution in [0.3, 0.4) is 0 Å². The summed E-state index contributed by atoms with van der Waals surface area (Å²) in [6.07, 6.45) is 6.07. The van der Waals surface area contributed by atoms with E-state index >= 15 is 0 Å². The number of hydrogen-bond donors (Lipinski definition) is 3. The fourth-order valence-corrected chi connectivity index (χ4v) is 8.32. The summed E-state index contributed by atoms with van der Waals surface area (Å²) in [4.78, 5) is 56.9. The summed E-state index contributed by atoms with van der Waals surface area (Å²) in [5, 5.41) is 26.8. The van der Waals surface area contributed by atoms with Crippen molar-refractivity contribution < 1.29 is 29.4 Å². The van der Waals surface area contributed by atoms with E-state index in [-0.39, 0.29) is 45.7 Å². The van der Waals surface area contributed by atoms with Crippen LogP contribution in [-0.2, 0) is 4.79 Å². The molecule has 1 spiro atoms. The highest BCUT2D eigenvalue weighted by molar-refractivity contribution is 6.28. The van der Waals surface area contributed by atoms with Crippen LogP contribution in [0, 0.1) is 42.4 Å². The summed E-state index contributed by atoms with van der Waals surface area (Å²) >= 11 is 0. The third-order valence-corrected chi connectivity index (χ3v) is 9.80. The lowest BCUT2D eigenvalue weighted by molar-refractivity contribution is -0.125. The maximum atomic E-state index is 14.8. The van der Waals surface area contributed by atoms with E-state index in [1.807, 2.05) is 46.8 Å². The van der Waals surface area contributed by atoms with Gasteiger partial charge in [0.05, 0.1) is 11.5 Å². The standard InChI is InChI=1S/C33H39NO6/c1-14(2)9-22-25-20(8)33(40)19(7)12-16(4)10-15(3)11-17(5)26(35)24-23-21(13-18(6)27(24)36)30(38)32(25,34-31(22)39)29(33)28(23)37/h10-14,16,20,22,25,29,36,40H,9H2,1-8H3,(H,34,39)/t16-,20-,22-,25-,29+,32-,33+/m1/s1. The third-order valence-electron chi connectivity index (χ3n) is 9.80. The Morgan fingerprint density at radius 2 is 1.65 bits per heavy atom. The van der Waals surface area contributed by atoms with Crippen molar-refractivity contribution in [1.82, 2.24) is 5.32 Å². The van der Waals surface area contributed by atoms with Crippen LogP contribution in [0.2, 0.25) is 0 Å². The van der Waals surface area contributed by atoms with Crippen molar-refractivity contribution in [2.75, 3.05) is 0 Å². The summed E-state index contributed by atoms with van der Waals surface area (Å²) in [5.74, 6) is -5.49. The van der Waals surface area contributed by atoms with Gasteiger partial charge in [0.1, 0.15) is 16.9 Å². The Morgan fingerprint density at radius 3 is 2.27 bits per heavy atom. The first-order valence-electron chi connectivity index (χ1n) is 14.2. The van der Waals surface area contributed by atoms with E-state index in [1.165, 1.54) is 6.07 Å². The number of nitrogens with one attached hydrogen (secondary N) is 1. The number of aliphatic hydroxyl groups is 1. The number of carbonyl (C=O) groups excluding carboxylic acids is 4. The number of rotatable bonds is 2. The van der Waals surface area contributed by atoms with Gasteiger partial charge in [-0.2, -0.15) is 0 Å². The zero-order valence-electron chi connectivity index (χ0n) is 24.5. The average Bonchev–Trinajstić information content (AvgIpc) is 3.23. The normalized spacial score (nSPS) is 35.4. The number of hydrogen-bond acceptors (Lipinski definition) is 6. The minimum Gasteiger partial charge on any atom is -0.507 e. The number of aromatic hydroxyl groups is 1. The molecule has 0 aromatic heterocycles. The molecule has 1 aromatic carbocycles. The second kappa shape index (κ2) is 9.10. The topological polar surface area (TPSA) is 121 Å². The Labute approximate surface area is 235 Å². The Morgan fingerprint density at radius 1 is 1.00 bits per heavy atom. The van der Waals surface area contributed by atoms with Crippen LogP contribution in [0.15, 0.2) is 41.0 Å². The van der Waals surface area contributed by atoms with E-state index in [1.54, 1.807) is 26.8 Å². The number of ketones is 3. The lowest BCUT2D eigenvalue weighted by Gasteiger charge is -2.43. The Balaban J connectivity index is 1.93. The summed E-state index contributed by atoms with van der Waals surface area (Å²) in [5.41, 5.74) is -1.86. The highest BCUT2D eigenvalue weighted by Crippen LogP contribution is 2.63. The molecule has 1 amide bonds. The van der Waals surface area contributed by atoms with Crippen LogP contribution in [0.4, 0.5) is 0 Å². The first-order chi connectivity index (χ1) is 18.6. The maximum absolute atomic E-state index is 14.8. The molecule has 7 heteroatoms. The quantitative estimate of drug-likeness (QED) is 0.455. The number of phenols is 1. The minimum atomic E-state index is -1.77. The van der Waals surface area contributed by atoms with Crippen molar-refractivity contribution in [3.63, 3.8) is 0 Å².